The molecule has 1 unspecified atom stereocenters. The van der Waals surface area contributed by atoms with Crippen molar-refractivity contribution in [3.8, 4) is 5.88 Å². The molecule has 1 aliphatic carbocycles. The molecule has 12 heteroatoms. The number of hydrogen-bond donors (Lipinski definition) is 3. The number of carbonyl (C=O) groups is 1. The van der Waals surface area contributed by atoms with Crippen molar-refractivity contribution in [3.63, 3.8) is 0 Å². The van der Waals surface area contributed by atoms with Crippen LogP contribution in [0.1, 0.15) is 42.9 Å². The molecule has 2 aliphatic rings. The fraction of sp³-hybridized carbons (Fsp3) is 0.444. The van der Waals surface area contributed by atoms with Gasteiger partial charge in [0.2, 0.25) is 0 Å². The number of nitrogens with one attached hydrogen (secondary N) is 3. The molecule has 5 heterocycles. The van der Waals surface area contributed by atoms with Crippen LogP contribution in [0.3, 0.4) is 0 Å². The molecule has 1 saturated heterocycles. The third-order valence-electron chi connectivity index (χ3n) is 7.29. The number of nitrogens with zero attached hydrogens (tertiary/aromatic N) is 5. The SMILES string of the molecule is Cn1nc(OCC2CCOC2)c2nccc(Nc3cc([C@H]4CC[C@@H](OC(=O)NCc5cccnc5)C4)[nH]n3)c21. The maximum absolute atomic E-state index is 12.3. The molecule has 0 spiro atoms. The Morgan fingerprint density at radius 2 is 2.21 bits per heavy atom. The number of hydrogen-bond acceptors (Lipinski definition) is 9. The van der Waals surface area contributed by atoms with Gasteiger partial charge in [0.1, 0.15) is 11.6 Å². The number of amides is 1. The highest BCUT2D eigenvalue weighted by atomic mass is 16.6. The summed E-state index contributed by atoms with van der Waals surface area (Å²) in [6.45, 7) is 2.46. The van der Waals surface area contributed by atoms with Gasteiger partial charge in [-0.15, -0.1) is 5.10 Å². The van der Waals surface area contributed by atoms with Crippen molar-refractivity contribution < 1.29 is 19.0 Å². The normalized spacial score (nSPS) is 20.8. The number of aromatic nitrogens is 6. The first-order valence-corrected chi connectivity index (χ1v) is 13.3. The van der Waals surface area contributed by atoms with Gasteiger partial charge in [0.05, 0.1) is 18.9 Å². The molecule has 0 bridgehead atoms. The Morgan fingerprint density at radius 1 is 1.26 bits per heavy atom. The molecular weight excluding hydrogens is 500 g/mol. The van der Waals surface area contributed by atoms with Gasteiger partial charge in [-0.25, -0.2) is 9.78 Å². The molecular formula is C27H32N8O4. The molecule has 204 valence electrons. The molecule has 2 fully saturated rings. The van der Waals surface area contributed by atoms with Gasteiger partial charge in [0, 0.05) is 62.4 Å². The zero-order valence-corrected chi connectivity index (χ0v) is 21.8. The number of aryl methyl sites for hydroxylation is 1. The minimum Gasteiger partial charge on any atom is -0.475 e. The molecule has 6 rings (SSSR count). The summed E-state index contributed by atoms with van der Waals surface area (Å²) in [5.74, 6) is 1.83. The van der Waals surface area contributed by atoms with E-state index in [9.17, 15) is 4.79 Å². The molecule has 0 radical (unpaired) electrons. The second-order valence-corrected chi connectivity index (χ2v) is 10.1. The standard InChI is InChI=1S/C27H32N8O4/c1-35-25-21(6-9-29-24(25)26(34-35)38-16-18-7-10-37-15-18)31-23-12-22(32-33-23)19-4-5-20(11-19)39-27(36)30-14-17-3-2-8-28-13-17/h2-3,6,8-9,12-13,18-20H,4-5,7,10-11,14-16H2,1H3,(H,30,36)(H2,29,31,32,33)/t18?,19-,20+/m0/s1. The zero-order valence-electron chi connectivity index (χ0n) is 21.8. The second-order valence-electron chi connectivity index (χ2n) is 10.1. The fourth-order valence-electron chi connectivity index (χ4n) is 5.23. The number of alkyl carbamates (subject to hydrolysis) is 1. The smallest absolute Gasteiger partial charge is 0.407 e. The summed E-state index contributed by atoms with van der Waals surface area (Å²) >= 11 is 0. The fourth-order valence-corrected chi connectivity index (χ4v) is 5.23. The summed E-state index contributed by atoms with van der Waals surface area (Å²) in [6.07, 6.45) is 8.09. The summed E-state index contributed by atoms with van der Waals surface area (Å²) in [7, 11) is 1.88. The summed E-state index contributed by atoms with van der Waals surface area (Å²) < 4.78 is 18.9. The van der Waals surface area contributed by atoms with Crippen molar-refractivity contribution in [1.29, 1.82) is 0 Å². The predicted molar refractivity (Wildman–Crippen MR) is 143 cm³/mol. The number of rotatable bonds is 9. The van der Waals surface area contributed by atoms with Crippen LogP contribution in [0.25, 0.3) is 11.0 Å². The van der Waals surface area contributed by atoms with Crippen molar-refractivity contribution in [2.45, 2.75) is 44.2 Å². The van der Waals surface area contributed by atoms with E-state index >= 15 is 0 Å². The highest BCUT2D eigenvalue weighted by Crippen LogP contribution is 2.37. The van der Waals surface area contributed by atoms with Gasteiger partial charge < -0.3 is 24.8 Å². The third kappa shape index (κ3) is 5.80. The maximum Gasteiger partial charge on any atom is 0.407 e. The van der Waals surface area contributed by atoms with Crippen molar-refractivity contribution in [2.75, 3.05) is 25.1 Å². The van der Waals surface area contributed by atoms with Gasteiger partial charge >= 0.3 is 6.09 Å². The summed E-state index contributed by atoms with van der Waals surface area (Å²) in [5.41, 5.74) is 4.32. The van der Waals surface area contributed by atoms with Crippen LogP contribution in [-0.4, -0.2) is 62.0 Å². The van der Waals surface area contributed by atoms with Crippen molar-refractivity contribution in [2.24, 2.45) is 13.0 Å². The van der Waals surface area contributed by atoms with Crippen LogP contribution < -0.4 is 15.4 Å². The highest BCUT2D eigenvalue weighted by molar-refractivity contribution is 5.92. The van der Waals surface area contributed by atoms with Gasteiger partial charge in [-0.3, -0.25) is 14.8 Å². The minimum atomic E-state index is -0.408. The average molecular weight is 533 g/mol. The Morgan fingerprint density at radius 3 is 3.05 bits per heavy atom. The lowest BCUT2D eigenvalue weighted by atomic mass is 10.0. The summed E-state index contributed by atoms with van der Waals surface area (Å²) in [6, 6.07) is 7.66. The van der Waals surface area contributed by atoms with Crippen LogP contribution in [0, 0.1) is 5.92 Å². The monoisotopic (exact) mass is 532 g/mol. The predicted octanol–water partition coefficient (Wildman–Crippen LogP) is 3.81. The molecule has 1 saturated carbocycles. The van der Waals surface area contributed by atoms with Gasteiger partial charge in [0.25, 0.3) is 5.88 Å². The summed E-state index contributed by atoms with van der Waals surface area (Å²) in [5, 5.41) is 18.4. The first-order chi connectivity index (χ1) is 19.1. The number of fused-ring (bicyclic) bond motifs is 1. The van der Waals surface area contributed by atoms with Gasteiger partial charge in [-0.2, -0.15) is 5.10 Å². The summed E-state index contributed by atoms with van der Waals surface area (Å²) in [4.78, 5) is 20.8. The first-order valence-electron chi connectivity index (χ1n) is 13.3. The quantitative estimate of drug-likeness (QED) is 0.293. The topological polar surface area (TPSA) is 141 Å². The van der Waals surface area contributed by atoms with Gasteiger partial charge in [-0.1, -0.05) is 6.07 Å². The lowest BCUT2D eigenvalue weighted by Gasteiger charge is -2.13. The number of H-pyrrole nitrogens is 1. The Hall–Kier alpha value is -4.19. The van der Waals surface area contributed by atoms with E-state index in [0.29, 0.717) is 36.3 Å². The van der Waals surface area contributed by atoms with E-state index in [4.69, 9.17) is 14.2 Å². The molecule has 3 atom stereocenters. The Kier molecular flexibility index (Phi) is 7.26. The molecule has 12 nitrogen and oxygen atoms in total. The van der Waals surface area contributed by atoms with Crippen molar-refractivity contribution in [1.82, 2.24) is 35.3 Å². The zero-order chi connectivity index (χ0) is 26.6. The number of ether oxygens (including phenoxy) is 3. The average Bonchev–Trinajstić information content (AvgIpc) is 3.76. The minimum absolute atomic E-state index is 0.132. The Bertz CT molecular complexity index is 1420. The van der Waals surface area contributed by atoms with E-state index in [0.717, 1.165) is 61.4 Å². The lowest BCUT2D eigenvalue weighted by Crippen LogP contribution is -2.27. The van der Waals surface area contributed by atoms with Crippen LogP contribution >= 0.6 is 0 Å². The lowest BCUT2D eigenvalue weighted by molar-refractivity contribution is 0.0996. The number of anilines is 2. The third-order valence-corrected chi connectivity index (χ3v) is 7.29. The number of pyridine rings is 2. The van der Waals surface area contributed by atoms with Crippen LogP contribution in [0.5, 0.6) is 5.88 Å². The molecule has 1 amide bonds. The molecule has 4 aromatic heterocycles. The van der Waals surface area contributed by atoms with E-state index < -0.39 is 6.09 Å². The molecule has 4 aromatic rings. The van der Waals surface area contributed by atoms with Crippen molar-refractivity contribution >= 4 is 28.6 Å². The van der Waals surface area contributed by atoms with Crippen LogP contribution in [-0.2, 0) is 23.1 Å². The van der Waals surface area contributed by atoms with Crippen LogP contribution in [0.4, 0.5) is 16.3 Å². The molecule has 1 aliphatic heterocycles. The van der Waals surface area contributed by atoms with E-state index in [1.165, 1.54) is 0 Å². The highest BCUT2D eigenvalue weighted by Gasteiger charge is 2.30. The first kappa shape index (κ1) is 25.1. The second kappa shape index (κ2) is 11.3. The maximum atomic E-state index is 12.3. The Labute approximate surface area is 225 Å². The van der Waals surface area contributed by atoms with Crippen molar-refractivity contribution in [3.05, 3.63) is 54.1 Å². The van der Waals surface area contributed by atoms with Crippen LogP contribution in [0.15, 0.2) is 42.9 Å². The molecule has 3 N–H and O–H groups in total. The molecule has 39 heavy (non-hydrogen) atoms. The van der Waals surface area contributed by atoms with Gasteiger partial charge in [-0.05, 0) is 43.4 Å². The number of aromatic amines is 1. The van der Waals surface area contributed by atoms with E-state index in [2.05, 4.69) is 35.9 Å². The number of carbonyl (C=O) groups excluding carboxylic acids is 1. The largest absolute Gasteiger partial charge is 0.475 e. The van der Waals surface area contributed by atoms with E-state index in [1.54, 1.807) is 23.3 Å². The van der Waals surface area contributed by atoms with E-state index in [-0.39, 0.29) is 12.0 Å². The molecule has 0 aromatic carbocycles. The Balaban J connectivity index is 1.05. The van der Waals surface area contributed by atoms with E-state index in [1.807, 2.05) is 31.3 Å². The van der Waals surface area contributed by atoms with Gasteiger partial charge in [0.15, 0.2) is 11.3 Å². The van der Waals surface area contributed by atoms with Crippen LogP contribution in [0.2, 0.25) is 0 Å².